The lowest BCUT2D eigenvalue weighted by Gasteiger charge is -2.52. The van der Waals surface area contributed by atoms with E-state index in [2.05, 4.69) is 47.1 Å². The minimum atomic E-state index is 0.100. The smallest absolute Gasteiger partial charge is 0.254 e. The van der Waals surface area contributed by atoms with Gasteiger partial charge in [0, 0.05) is 55.9 Å². The van der Waals surface area contributed by atoms with Crippen molar-refractivity contribution in [3.8, 4) is 23.3 Å². The SMILES string of the molecule is COc1cc(C(=O)N2CC3CC4CC2[C@H]43)cc2nc(-c3cc4cccnc4n3CC3CC3)n(C[C@H]3CCN(c4cncc(C#N)n4)C3)c12. The topological polar surface area (TPSA) is 118 Å². The fraction of sp³-hybridized carbons (Fsp3) is 0.459. The number of methoxy groups -OCH3 is 1. The minimum Gasteiger partial charge on any atom is -0.494 e. The molecule has 0 N–H and O–H groups in total. The van der Waals surface area contributed by atoms with E-state index < -0.39 is 0 Å². The number of hydrogen-bond acceptors (Lipinski definition) is 8. The molecule has 6 heterocycles. The Balaban J connectivity index is 1.07. The van der Waals surface area contributed by atoms with Gasteiger partial charge in [0.1, 0.15) is 28.8 Å². The first kappa shape index (κ1) is 28.1. The molecule has 11 nitrogen and oxygen atoms in total. The first-order valence-corrected chi connectivity index (χ1v) is 17.4. The number of benzene rings is 1. The van der Waals surface area contributed by atoms with Crippen molar-refractivity contribution >= 4 is 33.8 Å². The summed E-state index contributed by atoms with van der Waals surface area (Å²) in [7, 11) is 1.69. The Morgan fingerprint density at radius 1 is 1.02 bits per heavy atom. The lowest BCUT2D eigenvalue weighted by Crippen LogP contribution is -2.53. The molecule has 1 aromatic carbocycles. The highest BCUT2D eigenvalue weighted by atomic mass is 16.5. The van der Waals surface area contributed by atoms with Crippen LogP contribution in [-0.4, -0.2) is 72.7 Å². The summed E-state index contributed by atoms with van der Waals surface area (Å²) >= 11 is 0. The number of imidazole rings is 1. The second-order valence-electron chi connectivity index (χ2n) is 14.7. The van der Waals surface area contributed by atoms with Crippen LogP contribution in [0.3, 0.4) is 0 Å². The highest BCUT2D eigenvalue weighted by Gasteiger charge is 2.61. The number of likely N-dealkylation sites (tertiary alicyclic amines) is 1. The van der Waals surface area contributed by atoms with Gasteiger partial charge in [-0.05, 0) is 92.0 Å². The van der Waals surface area contributed by atoms with Crippen LogP contribution in [0.5, 0.6) is 5.75 Å². The average Bonchev–Trinajstić information content (AvgIpc) is 3.50. The minimum absolute atomic E-state index is 0.100. The lowest BCUT2D eigenvalue weighted by atomic mass is 9.53. The number of aromatic nitrogens is 6. The van der Waals surface area contributed by atoms with Gasteiger partial charge < -0.3 is 23.7 Å². The number of ether oxygens (including phenoxy) is 1. The number of anilines is 1. The van der Waals surface area contributed by atoms with E-state index in [0.717, 1.165) is 84.3 Å². The molecule has 10 rings (SSSR count). The van der Waals surface area contributed by atoms with Crippen LogP contribution in [-0.2, 0) is 13.1 Å². The summed E-state index contributed by atoms with van der Waals surface area (Å²) in [4.78, 5) is 37.3. The number of amides is 1. The average molecular weight is 640 g/mol. The fourth-order valence-electron chi connectivity index (χ4n) is 9.27. The predicted molar refractivity (Wildman–Crippen MR) is 179 cm³/mol. The number of fused-ring (bicyclic) bond motifs is 2. The summed E-state index contributed by atoms with van der Waals surface area (Å²) < 4.78 is 10.8. The van der Waals surface area contributed by atoms with Gasteiger partial charge in [0.25, 0.3) is 5.91 Å². The van der Waals surface area contributed by atoms with Crippen LogP contribution in [0.15, 0.2) is 48.9 Å². The summed E-state index contributed by atoms with van der Waals surface area (Å²) in [5.74, 6) is 5.55. The van der Waals surface area contributed by atoms with Gasteiger partial charge in [-0.15, -0.1) is 0 Å². The van der Waals surface area contributed by atoms with E-state index in [1.165, 1.54) is 25.5 Å². The van der Waals surface area contributed by atoms with Gasteiger partial charge in [0.05, 0.1) is 30.7 Å². The zero-order chi connectivity index (χ0) is 32.1. The highest BCUT2D eigenvalue weighted by molar-refractivity contribution is 6.00. The Labute approximate surface area is 278 Å². The van der Waals surface area contributed by atoms with Gasteiger partial charge >= 0.3 is 0 Å². The molecule has 2 aliphatic heterocycles. The van der Waals surface area contributed by atoms with E-state index in [1.807, 2.05) is 24.4 Å². The van der Waals surface area contributed by atoms with E-state index in [-0.39, 0.29) is 5.91 Å². The molecule has 5 aliphatic rings. The zero-order valence-corrected chi connectivity index (χ0v) is 27.0. The molecule has 3 aliphatic carbocycles. The van der Waals surface area contributed by atoms with E-state index in [4.69, 9.17) is 14.7 Å². The van der Waals surface area contributed by atoms with Gasteiger partial charge in [0.2, 0.25) is 0 Å². The number of nitrogens with zero attached hydrogens (tertiary/aromatic N) is 9. The van der Waals surface area contributed by atoms with Crippen molar-refractivity contribution in [2.24, 2.45) is 29.6 Å². The third-order valence-electron chi connectivity index (χ3n) is 11.9. The number of carbonyl (C=O) groups excluding carboxylic acids is 1. The first-order chi connectivity index (χ1) is 23.6. The van der Waals surface area contributed by atoms with Crippen LogP contribution in [0.25, 0.3) is 33.6 Å². The van der Waals surface area contributed by atoms with Crippen LogP contribution in [0.1, 0.15) is 48.2 Å². The highest BCUT2D eigenvalue weighted by Crippen LogP contribution is 2.60. The molecule has 242 valence electrons. The maximum atomic E-state index is 14.1. The molecule has 2 saturated heterocycles. The largest absolute Gasteiger partial charge is 0.494 e. The van der Waals surface area contributed by atoms with Crippen molar-refractivity contribution in [1.82, 2.24) is 34.0 Å². The Bertz CT molecular complexity index is 2160. The van der Waals surface area contributed by atoms with Crippen molar-refractivity contribution in [2.75, 3.05) is 31.6 Å². The third-order valence-corrected chi connectivity index (χ3v) is 11.9. The summed E-state index contributed by atoms with van der Waals surface area (Å²) in [6, 6.07) is 12.8. The van der Waals surface area contributed by atoms with Gasteiger partial charge in [-0.3, -0.25) is 9.78 Å². The molecule has 5 aromatic rings. The molecule has 3 unspecified atom stereocenters. The molecule has 5 atom stereocenters. The molecule has 48 heavy (non-hydrogen) atoms. The number of pyridine rings is 1. The van der Waals surface area contributed by atoms with Crippen molar-refractivity contribution in [1.29, 1.82) is 5.26 Å². The summed E-state index contributed by atoms with van der Waals surface area (Å²) in [6.07, 6.45) is 11.0. The molecule has 0 spiro atoms. The van der Waals surface area contributed by atoms with E-state index in [1.54, 1.807) is 13.3 Å². The van der Waals surface area contributed by atoms with Crippen LogP contribution in [0, 0.1) is 40.9 Å². The Hall–Kier alpha value is -4.98. The van der Waals surface area contributed by atoms with Crippen molar-refractivity contribution < 1.29 is 9.53 Å². The monoisotopic (exact) mass is 639 g/mol. The zero-order valence-electron chi connectivity index (χ0n) is 27.0. The summed E-state index contributed by atoms with van der Waals surface area (Å²) in [6.45, 7) is 4.11. The number of carbonyl (C=O) groups is 1. The van der Waals surface area contributed by atoms with E-state index in [9.17, 15) is 10.1 Å². The van der Waals surface area contributed by atoms with E-state index in [0.29, 0.717) is 53.3 Å². The molecular formula is C37H37N9O2. The second kappa shape index (κ2) is 10.5. The molecule has 4 aromatic heterocycles. The van der Waals surface area contributed by atoms with Gasteiger partial charge in [-0.25, -0.2) is 15.0 Å². The molecule has 0 radical (unpaired) electrons. The molecular weight excluding hydrogens is 602 g/mol. The van der Waals surface area contributed by atoms with Crippen molar-refractivity contribution in [2.45, 2.75) is 51.2 Å². The quantitative estimate of drug-likeness (QED) is 0.229. The Kier molecular flexibility index (Phi) is 6.15. The van der Waals surface area contributed by atoms with Crippen molar-refractivity contribution in [3.63, 3.8) is 0 Å². The maximum Gasteiger partial charge on any atom is 0.254 e. The third kappa shape index (κ3) is 4.27. The van der Waals surface area contributed by atoms with Crippen molar-refractivity contribution in [3.05, 3.63) is 60.2 Å². The number of hydrogen-bond donors (Lipinski definition) is 0. The standard InChI is InChI=1S/C37H37N9O2/c1-48-31-13-25(37(47)45-20-26-9-24-12-29(45)33(24)26)10-28-34(31)46(19-22-6-8-43(17-22)32-16-39-15-27(14-38)41-32)36(42-28)30-11-23-3-2-7-40-35(23)44(30)18-21-4-5-21/h2-3,7,10-11,13,15-16,21-22,24,26,29,33H,4-6,8-9,12,17-20H2,1H3/t22-,24?,26?,29?,33+/m0/s1. The van der Waals surface area contributed by atoms with Crippen LogP contribution in [0.4, 0.5) is 5.82 Å². The molecule has 0 bridgehead atoms. The molecule has 3 saturated carbocycles. The normalized spacial score (nSPS) is 25.6. The maximum absolute atomic E-state index is 14.1. The molecule has 1 amide bonds. The van der Waals surface area contributed by atoms with Crippen LogP contribution in [0.2, 0.25) is 0 Å². The fourth-order valence-corrected chi connectivity index (χ4v) is 9.27. The number of rotatable bonds is 8. The van der Waals surface area contributed by atoms with Crippen LogP contribution < -0.4 is 9.64 Å². The lowest BCUT2D eigenvalue weighted by molar-refractivity contribution is -0.0204. The van der Waals surface area contributed by atoms with Gasteiger partial charge in [-0.1, -0.05) is 0 Å². The van der Waals surface area contributed by atoms with E-state index >= 15 is 0 Å². The second-order valence-corrected chi connectivity index (χ2v) is 14.7. The predicted octanol–water partition coefficient (Wildman–Crippen LogP) is 5.14. The Morgan fingerprint density at radius 3 is 2.73 bits per heavy atom. The summed E-state index contributed by atoms with van der Waals surface area (Å²) in [5, 5.41) is 10.5. The van der Waals surface area contributed by atoms with Gasteiger partial charge in [-0.2, -0.15) is 5.26 Å². The van der Waals surface area contributed by atoms with Crippen LogP contribution >= 0.6 is 0 Å². The molecule has 11 heteroatoms. The first-order valence-electron chi connectivity index (χ1n) is 17.4. The molecule has 5 fully saturated rings. The number of nitriles is 1. The Morgan fingerprint density at radius 2 is 1.92 bits per heavy atom. The summed E-state index contributed by atoms with van der Waals surface area (Å²) in [5.41, 5.74) is 4.69. The van der Waals surface area contributed by atoms with Gasteiger partial charge in [0.15, 0.2) is 11.5 Å².